The molecule has 1 aromatic heterocycles. The lowest BCUT2D eigenvalue weighted by Gasteiger charge is -2.09. The molecule has 0 spiro atoms. The molecule has 0 aliphatic carbocycles. The zero-order valence-corrected chi connectivity index (χ0v) is 15.6. The van der Waals surface area contributed by atoms with Gasteiger partial charge in [-0.1, -0.05) is 6.07 Å². The van der Waals surface area contributed by atoms with E-state index in [1.807, 2.05) is 0 Å². The van der Waals surface area contributed by atoms with Crippen molar-refractivity contribution in [3.8, 4) is 11.5 Å². The smallest absolute Gasteiger partial charge is 0.349 e. The number of esters is 1. The number of amides is 1. The van der Waals surface area contributed by atoms with Crippen molar-refractivity contribution in [2.75, 3.05) is 7.11 Å². The second-order valence-electron chi connectivity index (χ2n) is 6.40. The molecule has 0 saturated carbocycles. The maximum atomic E-state index is 12.3. The number of rotatable bonds is 5. The van der Waals surface area contributed by atoms with Gasteiger partial charge in [0.1, 0.15) is 22.6 Å². The van der Waals surface area contributed by atoms with Gasteiger partial charge in [0.2, 0.25) is 0 Å². The van der Waals surface area contributed by atoms with Crippen LogP contribution in [0, 0.1) is 0 Å². The molecule has 2 aromatic carbocycles. The fourth-order valence-electron chi connectivity index (χ4n) is 2.57. The van der Waals surface area contributed by atoms with Crippen LogP contribution in [0.1, 0.15) is 34.6 Å². The van der Waals surface area contributed by atoms with Gasteiger partial charge in [-0.15, -0.1) is 0 Å². The van der Waals surface area contributed by atoms with E-state index in [0.717, 1.165) is 0 Å². The second-order valence-corrected chi connectivity index (χ2v) is 6.40. The number of ether oxygens (including phenoxy) is 2. The Morgan fingerprint density at radius 1 is 1.04 bits per heavy atom. The minimum Gasteiger partial charge on any atom is -0.497 e. The van der Waals surface area contributed by atoms with E-state index >= 15 is 0 Å². The van der Waals surface area contributed by atoms with Gasteiger partial charge in [0.25, 0.3) is 5.91 Å². The lowest BCUT2D eigenvalue weighted by Crippen LogP contribution is -2.33. The topological polar surface area (TPSA) is 94.8 Å². The lowest BCUT2D eigenvalue weighted by atomic mass is 10.1. The van der Waals surface area contributed by atoms with Crippen molar-refractivity contribution < 1.29 is 23.5 Å². The molecule has 0 aliphatic heterocycles. The highest BCUT2D eigenvalue weighted by Crippen LogP contribution is 2.22. The Morgan fingerprint density at radius 3 is 2.54 bits per heavy atom. The van der Waals surface area contributed by atoms with Gasteiger partial charge in [-0.3, -0.25) is 4.79 Å². The van der Waals surface area contributed by atoms with Crippen molar-refractivity contribution in [3.05, 3.63) is 70.1 Å². The van der Waals surface area contributed by atoms with Gasteiger partial charge >= 0.3 is 11.6 Å². The lowest BCUT2D eigenvalue weighted by molar-refractivity contribution is 0.0734. The quantitative estimate of drug-likeness (QED) is 0.414. The standard InChI is InChI=1S/C21H19NO6/c1-12(2)22-19(23)17-10-13-7-8-16(11-18(13)28-21(17)25)27-20(24)14-5-4-6-15(9-14)26-3/h4-12H,1-3H3,(H,22,23). The number of benzene rings is 2. The van der Waals surface area contributed by atoms with Crippen LogP contribution < -0.4 is 20.4 Å². The Morgan fingerprint density at radius 2 is 1.82 bits per heavy atom. The molecule has 1 heterocycles. The Kier molecular flexibility index (Phi) is 5.44. The number of hydrogen-bond acceptors (Lipinski definition) is 6. The average molecular weight is 381 g/mol. The summed E-state index contributed by atoms with van der Waals surface area (Å²) in [6.07, 6.45) is 0. The largest absolute Gasteiger partial charge is 0.497 e. The van der Waals surface area contributed by atoms with E-state index in [4.69, 9.17) is 13.9 Å². The Balaban J connectivity index is 1.87. The molecule has 0 aliphatic rings. The van der Waals surface area contributed by atoms with Crippen molar-refractivity contribution in [2.24, 2.45) is 0 Å². The first-order valence-electron chi connectivity index (χ1n) is 8.62. The molecular weight excluding hydrogens is 362 g/mol. The third-order valence-electron chi connectivity index (χ3n) is 3.89. The summed E-state index contributed by atoms with van der Waals surface area (Å²) in [5, 5.41) is 3.19. The minimum atomic E-state index is -0.762. The van der Waals surface area contributed by atoms with Crippen LogP contribution in [0.3, 0.4) is 0 Å². The molecule has 0 radical (unpaired) electrons. The minimum absolute atomic E-state index is 0.0812. The van der Waals surface area contributed by atoms with E-state index in [0.29, 0.717) is 16.7 Å². The number of nitrogens with one attached hydrogen (secondary N) is 1. The third-order valence-corrected chi connectivity index (χ3v) is 3.89. The van der Waals surface area contributed by atoms with Crippen molar-refractivity contribution in [1.82, 2.24) is 5.32 Å². The first-order valence-corrected chi connectivity index (χ1v) is 8.62. The second kappa shape index (κ2) is 7.96. The fourth-order valence-corrected chi connectivity index (χ4v) is 2.57. The molecule has 7 nitrogen and oxygen atoms in total. The third kappa shape index (κ3) is 4.20. The summed E-state index contributed by atoms with van der Waals surface area (Å²) in [4.78, 5) is 36.5. The number of fused-ring (bicyclic) bond motifs is 1. The van der Waals surface area contributed by atoms with Gasteiger partial charge in [-0.05, 0) is 50.2 Å². The predicted octanol–water partition coefficient (Wildman–Crippen LogP) is 3.16. The molecule has 3 aromatic rings. The monoisotopic (exact) mass is 381 g/mol. The van der Waals surface area contributed by atoms with E-state index in [1.165, 1.54) is 19.2 Å². The van der Waals surface area contributed by atoms with E-state index < -0.39 is 17.5 Å². The number of carbonyl (C=O) groups excluding carboxylic acids is 2. The van der Waals surface area contributed by atoms with Gasteiger partial charge in [-0.2, -0.15) is 0 Å². The van der Waals surface area contributed by atoms with Crippen LogP contribution in [-0.4, -0.2) is 25.0 Å². The van der Waals surface area contributed by atoms with E-state index in [2.05, 4.69) is 5.32 Å². The van der Waals surface area contributed by atoms with Crippen LogP contribution in [0.15, 0.2) is 57.7 Å². The van der Waals surface area contributed by atoms with Gasteiger partial charge < -0.3 is 19.2 Å². The molecule has 1 amide bonds. The van der Waals surface area contributed by atoms with Crippen LogP contribution in [0.5, 0.6) is 11.5 Å². The molecule has 0 fully saturated rings. The predicted molar refractivity (Wildman–Crippen MR) is 103 cm³/mol. The Labute approximate surface area is 160 Å². The highest BCUT2D eigenvalue weighted by atomic mass is 16.5. The summed E-state index contributed by atoms with van der Waals surface area (Å²) < 4.78 is 15.7. The number of hydrogen-bond donors (Lipinski definition) is 1. The van der Waals surface area contributed by atoms with E-state index in [9.17, 15) is 14.4 Å². The molecule has 28 heavy (non-hydrogen) atoms. The molecule has 0 bridgehead atoms. The molecular formula is C21H19NO6. The normalized spacial score (nSPS) is 10.7. The van der Waals surface area contributed by atoms with Crippen LogP contribution in [0.2, 0.25) is 0 Å². The Hall–Kier alpha value is -3.61. The molecule has 144 valence electrons. The van der Waals surface area contributed by atoms with Crippen molar-refractivity contribution in [1.29, 1.82) is 0 Å². The maximum absolute atomic E-state index is 12.3. The van der Waals surface area contributed by atoms with Crippen molar-refractivity contribution >= 4 is 22.8 Å². The Bertz CT molecular complexity index is 1100. The highest BCUT2D eigenvalue weighted by Gasteiger charge is 2.16. The van der Waals surface area contributed by atoms with Gasteiger partial charge in [-0.25, -0.2) is 9.59 Å². The number of carbonyl (C=O) groups is 2. The van der Waals surface area contributed by atoms with Crippen LogP contribution in [0.25, 0.3) is 11.0 Å². The summed E-state index contributed by atoms with van der Waals surface area (Å²) in [6.45, 7) is 3.59. The van der Waals surface area contributed by atoms with Crippen LogP contribution >= 0.6 is 0 Å². The van der Waals surface area contributed by atoms with Gasteiger partial charge in [0, 0.05) is 17.5 Å². The average Bonchev–Trinajstić information content (AvgIpc) is 2.66. The van der Waals surface area contributed by atoms with Crippen molar-refractivity contribution in [2.45, 2.75) is 19.9 Å². The van der Waals surface area contributed by atoms with E-state index in [1.54, 1.807) is 50.2 Å². The first kappa shape index (κ1) is 19.2. The zero-order chi connectivity index (χ0) is 20.3. The van der Waals surface area contributed by atoms with Crippen molar-refractivity contribution in [3.63, 3.8) is 0 Å². The molecule has 1 N–H and O–H groups in total. The molecule has 0 atom stereocenters. The van der Waals surface area contributed by atoms with Gasteiger partial charge in [0.15, 0.2) is 0 Å². The summed E-state index contributed by atoms with van der Waals surface area (Å²) in [5.74, 6) is -0.332. The maximum Gasteiger partial charge on any atom is 0.349 e. The summed E-state index contributed by atoms with van der Waals surface area (Å²) in [7, 11) is 1.51. The summed E-state index contributed by atoms with van der Waals surface area (Å²) in [6, 6.07) is 12.5. The molecule has 0 unspecified atom stereocenters. The molecule has 3 rings (SSSR count). The van der Waals surface area contributed by atoms with Crippen LogP contribution in [-0.2, 0) is 0 Å². The summed E-state index contributed by atoms with van der Waals surface area (Å²) in [5.41, 5.74) is -0.312. The SMILES string of the molecule is COc1cccc(C(=O)Oc2ccc3cc(C(=O)NC(C)C)c(=O)oc3c2)c1. The van der Waals surface area contributed by atoms with Crippen LogP contribution in [0.4, 0.5) is 0 Å². The summed E-state index contributed by atoms with van der Waals surface area (Å²) >= 11 is 0. The molecule has 7 heteroatoms. The zero-order valence-electron chi connectivity index (χ0n) is 15.6. The van der Waals surface area contributed by atoms with E-state index in [-0.39, 0.29) is 22.9 Å². The molecule has 0 saturated heterocycles. The van der Waals surface area contributed by atoms with Gasteiger partial charge in [0.05, 0.1) is 12.7 Å². The highest BCUT2D eigenvalue weighted by molar-refractivity contribution is 5.97. The number of methoxy groups -OCH3 is 1. The fraction of sp³-hybridized carbons (Fsp3) is 0.190. The first-order chi connectivity index (χ1) is 13.4.